The van der Waals surface area contributed by atoms with E-state index in [-0.39, 0.29) is 5.56 Å². The molecule has 0 fully saturated rings. The van der Waals surface area contributed by atoms with Crippen LogP contribution in [-0.4, -0.2) is 9.78 Å². The lowest BCUT2D eigenvalue weighted by atomic mass is 10.2. The summed E-state index contributed by atoms with van der Waals surface area (Å²) in [6, 6.07) is 8.91. The smallest absolute Gasteiger partial charge is 0.267 e. The molecule has 0 spiro atoms. The third kappa shape index (κ3) is 2.78. The monoisotopic (exact) mass is 263 g/mol. The quantitative estimate of drug-likeness (QED) is 0.917. The predicted octanol–water partition coefficient (Wildman–Crippen LogP) is 1.71. The zero-order chi connectivity index (χ0) is 13.1. The minimum Gasteiger partial charge on any atom is -0.326 e. The molecule has 2 rings (SSSR count). The van der Waals surface area contributed by atoms with Crippen LogP contribution >= 0.6 is 11.6 Å². The molecular formula is C13H14ClN3O. The number of hydrogen-bond donors (Lipinski definition) is 1. The summed E-state index contributed by atoms with van der Waals surface area (Å²) >= 11 is 5.91. The Morgan fingerprint density at radius 3 is 2.83 bits per heavy atom. The zero-order valence-corrected chi connectivity index (χ0v) is 10.8. The molecule has 4 nitrogen and oxygen atoms in total. The number of aryl methyl sites for hydroxylation is 1. The first kappa shape index (κ1) is 12.8. The first-order chi connectivity index (χ1) is 8.60. The topological polar surface area (TPSA) is 60.9 Å². The molecule has 0 atom stereocenters. The molecule has 0 aliphatic rings. The molecule has 1 aromatic carbocycles. The number of nitrogens with zero attached hydrogens (tertiary/aromatic N) is 2. The van der Waals surface area contributed by atoms with E-state index < -0.39 is 0 Å². The highest BCUT2D eigenvalue weighted by Crippen LogP contribution is 2.11. The summed E-state index contributed by atoms with van der Waals surface area (Å²) in [5, 5.41) is 4.90. The van der Waals surface area contributed by atoms with Gasteiger partial charge in [0.1, 0.15) is 0 Å². The molecule has 0 saturated heterocycles. The van der Waals surface area contributed by atoms with Gasteiger partial charge in [0, 0.05) is 17.6 Å². The summed E-state index contributed by atoms with van der Waals surface area (Å²) in [4.78, 5) is 11.9. The zero-order valence-electron chi connectivity index (χ0n) is 10.1. The highest BCUT2D eigenvalue weighted by Gasteiger charge is 2.05. The van der Waals surface area contributed by atoms with E-state index in [1.807, 2.05) is 25.1 Å². The third-order valence-corrected chi connectivity index (χ3v) is 2.96. The van der Waals surface area contributed by atoms with Gasteiger partial charge in [0.15, 0.2) is 0 Å². The number of hydrogen-bond acceptors (Lipinski definition) is 3. The molecule has 1 aromatic heterocycles. The summed E-state index contributed by atoms with van der Waals surface area (Å²) in [6.45, 7) is 2.58. The van der Waals surface area contributed by atoms with Crippen molar-refractivity contribution in [3.8, 4) is 0 Å². The Morgan fingerprint density at radius 1 is 1.39 bits per heavy atom. The summed E-state index contributed by atoms with van der Waals surface area (Å²) in [5.74, 6) is 0. The van der Waals surface area contributed by atoms with Crippen molar-refractivity contribution in [2.24, 2.45) is 5.73 Å². The fraction of sp³-hybridized carbons (Fsp3) is 0.231. The Hall–Kier alpha value is -1.65. The van der Waals surface area contributed by atoms with Crippen LogP contribution in [0.1, 0.15) is 16.8 Å². The SMILES string of the molecule is Cc1nn(Cc2cccc(Cl)c2)c(=O)cc1CN. The summed E-state index contributed by atoms with van der Waals surface area (Å²) in [5.41, 5.74) is 7.88. The van der Waals surface area contributed by atoms with Gasteiger partial charge in [0.2, 0.25) is 0 Å². The Kier molecular flexibility index (Phi) is 3.79. The molecule has 0 radical (unpaired) electrons. The molecule has 0 saturated carbocycles. The van der Waals surface area contributed by atoms with Gasteiger partial charge < -0.3 is 5.73 Å². The number of aromatic nitrogens is 2. The van der Waals surface area contributed by atoms with E-state index in [4.69, 9.17) is 17.3 Å². The first-order valence-corrected chi connectivity index (χ1v) is 6.00. The van der Waals surface area contributed by atoms with E-state index in [0.717, 1.165) is 16.8 Å². The van der Waals surface area contributed by atoms with Gasteiger partial charge in [-0.05, 0) is 30.2 Å². The van der Waals surface area contributed by atoms with E-state index in [1.54, 1.807) is 6.07 Å². The minimum absolute atomic E-state index is 0.152. The van der Waals surface area contributed by atoms with Crippen LogP contribution in [0.25, 0.3) is 0 Å². The second kappa shape index (κ2) is 5.33. The normalized spacial score (nSPS) is 10.6. The van der Waals surface area contributed by atoms with Crippen LogP contribution in [0.15, 0.2) is 35.1 Å². The standard InChI is InChI=1S/C13H14ClN3O/c1-9-11(7-15)6-13(18)17(16-9)8-10-3-2-4-12(14)5-10/h2-6H,7-8,15H2,1H3. The average molecular weight is 264 g/mol. The Bertz CT molecular complexity index is 622. The highest BCUT2D eigenvalue weighted by molar-refractivity contribution is 6.30. The van der Waals surface area contributed by atoms with E-state index >= 15 is 0 Å². The van der Waals surface area contributed by atoms with E-state index in [1.165, 1.54) is 10.7 Å². The van der Waals surface area contributed by atoms with Crippen LogP contribution < -0.4 is 11.3 Å². The summed E-state index contributed by atoms with van der Waals surface area (Å²) in [7, 11) is 0. The van der Waals surface area contributed by atoms with Crippen molar-refractivity contribution in [3.05, 3.63) is 62.5 Å². The molecule has 2 aromatic rings. The molecule has 2 N–H and O–H groups in total. The molecule has 18 heavy (non-hydrogen) atoms. The van der Waals surface area contributed by atoms with Crippen LogP contribution in [0.5, 0.6) is 0 Å². The van der Waals surface area contributed by atoms with Gasteiger partial charge in [0.05, 0.1) is 12.2 Å². The van der Waals surface area contributed by atoms with Gasteiger partial charge in [-0.3, -0.25) is 4.79 Å². The van der Waals surface area contributed by atoms with Crippen LogP contribution in [0.4, 0.5) is 0 Å². The summed E-state index contributed by atoms with van der Waals surface area (Å²) < 4.78 is 1.42. The number of halogens is 1. The fourth-order valence-corrected chi connectivity index (χ4v) is 1.96. The van der Waals surface area contributed by atoms with Crippen molar-refractivity contribution in [2.75, 3.05) is 0 Å². The van der Waals surface area contributed by atoms with Gasteiger partial charge in [-0.25, -0.2) is 4.68 Å². The first-order valence-electron chi connectivity index (χ1n) is 5.62. The van der Waals surface area contributed by atoms with Crippen molar-refractivity contribution in [1.82, 2.24) is 9.78 Å². The molecular weight excluding hydrogens is 250 g/mol. The highest BCUT2D eigenvalue weighted by atomic mass is 35.5. The van der Waals surface area contributed by atoms with Crippen molar-refractivity contribution in [1.29, 1.82) is 0 Å². The fourth-order valence-electron chi connectivity index (χ4n) is 1.75. The van der Waals surface area contributed by atoms with Crippen LogP contribution in [-0.2, 0) is 13.1 Å². The van der Waals surface area contributed by atoms with Gasteiger partial charge in [-0.2, -0.15) is 5.10 Å². The van der Waals surface area contributed by atoms with Crippen molar-refractivity contribution in [2.45, 2.75) is 20.0 Å². The number of nitrogens with two attached hydrogens (primary N) is 1. The molecule has 5 heteroatoms. The van der Waals surface area contributed by atoms with E-state index in [9.17, 15) is 4.79 Å². The largest absolute Gasteiger partial charge is 0.326 e. The lowest BCUT2D eigenvalue weighted by Gasteiger charge is -2.08. The second-order valence-corrected chi connectivity index (χ2v) is 4.52. The van der Waals surface area contributed by atoms with E-state index in [2.05, 4.69) is 5.10 Å². The minimum atomic E-state index is -0.152. The molecule has 94 valence electrons. The van der Waals surface area contributed by atoms with Gasteiger partial charge in [-0.1, -0.05) is 23.7 Å². The maximum absolute atomic E-state index is 11.9. The maximum Gasteiger partial charge on any atom is 0.267 e. The second-order valence-electron chi connectivity index (χ2n) is 4.08. The van der Waals surface area contributed by atoms with Crippen LogP contribution in [0.2, 0.25) is 5.02 Å². The van der Waals surface area contributed by atoms with E-state index in [0.29, 0.717) is 18.1 Å². The van der Waals surface area contributed by atoms with Crippen molar-refractivity contribution in [3.63, 3.8) is 0 Å². The maximum atomic E-state index is 11.9. The lowest BCUT2D eigenvalue weighted by molar-refractivity contribution is 0.622. The molecule has 0 amide bonds. The molecule has 0 bridgehead atoms. The Labute approximate surface area is 110 Å². The van der Waals surface area contributed by atoms with Crippen LogP contribution in [0.3, 0.4) is 0 Å². The summed E-state index contributed by atoms with van der Waals surface area (Å²) in [6.07, 6.45) is 0. The predicted molar refractivity (Wildman–Crippen MR) is 71.7 cm³/mol. The average Bonchev–Trinajstić information content (AvgIpc) is 2.33. The number of rotatable bonds is 3. The van der Waals surface area contributed by atoms with Gasteiger partial charge in [-0.15, -0.1) is 0 Å². The van der Waals surface area contributed by atoms with Crippen molar-refractivity contribution < 1.29 is 0 Å². The van der Waals surface area contributed by atoms with Crippen molar-refractivity contribution >= 4 is 11.6 Å². The molecule has 0 aliphatic carbocycles. The lowest BCUT2D eigenvalue weighted by Crippen LogP contribution is -2.25. The van der Waals surface area contributed by atoms with Gasteiger partial charge >= 0.3 is 0 Å². The van der Waals surface area contributed by atoms with Crippen LogP contribution in [0, 0.1) is 6.92 Å². The Balaban J connectivity index is 2.35. The molecule has 1 heterocycles. The van der Waals surface area contributed by atoms with Gasteiger partial charge in [0.25, 0.3) is 5.56 Å². The Morgan fingerprint density at radius 2 is 2.17 bits per heavy atom. The molecule has 0 unspecified atom stereocenters. The third-order valence-electron chi connectivity index (χ3n) is 2.73. The molecule has 0 aliphatic heterocycles. The number of benzene rings is 1.